The summed E-state index contributed by atoms with van der Waals surface area (Å²) in [6.07, 6.45) is 2.44. The van der Waals surface area contributed by atoms with Gasteiger partial charge in [-0.05, 0) is 24.3 Å². The quantitative estimate of drug-likeness (QED) is 0.847. The zero-order valence-corrected chi connectivity index (χ0v) is 12.1. The molecular formula is C13H10Cl2N4O2. The molecular weight excluding hydrogens is 315 g/mol. The molecule has 0 bridgehead atoms. The Hall–Kier alpha value is -2.18. The van der Waals surface area contributed by atoms with Crippen LogP contribution in [-0.2, 0) is 9.59 Å². The lowest BCUT2D eigenvalue weighted by Gasteiger charge is -2.05. The van der Waals surface area contributed by atoms with E-state index in [2.05, 4.69) is 20.6 Å². The summed E-state index contributed by atoms with van der Waals surface area (Å²) in [4.78, 5) is 31.1. The number of anilines is 2. The van der Waals surface area contributed by atoms with Crippen LogP contribution in [0.2, 0.25) is 10.0 Å². The van der Waals surface area contributed by atoms with Gasteiger partial charge in [0, 0.05) is 12.4 Å². The summed E-state index contributed by atoms with van der Waals surface area (Å²) < 4.78 is 0. The van der Waals surface area contributed by atoms with Gasteiger partial charge in [0.15, 0.2) is 0 Å². The van der Waals surface area contributed by atoms with E-state index in [1.54, 1.807) is 24.3 Å². The van der Waals surface area contributed by atoms with Crippen LogP contribution in [0, 0.1) is 0 Å². The van der Waals surface area contributed by atoms with Crippen molar-refractivity contribution in [1.82, 2.24) is 9.97 Å². The van der Waals surface area contributed by atoms with Gasteiger partial charge in [-0.15, -0.1) is 0 Å². The van der Waals surface area contributed by atoms with Crippen molar-refractivity contribution in [3.05, 3.63) is 46.7 Å². The fourth-order valence-electron chi connectivity index (χ4n) is 1.42. The maximum Gasteiger partial charge on any atom is 0.234 e. The average Bonchev–Trinajstić information content (AvgIpc) is 2.44. The first-order chi connectivity index (χ1) is 10.0. The predicted octanol–water partition coefficient (Wildman–Crippen LogP) is 2.75. The second kappa shape index (κ2) is 7.01. The van der Waals surface area contributed by atoms with E-state index in [0.29, 0.717) is 21.7 Å². The van der Waals surface area contributed by atoms with Crippen LogP contribution in [0.5, 0.6) is 0 Å². The number of halogens is 2. The Balaban J connectivity index is 1.85. The number of rotatable bonds is 4. The molecule has 6 nitrogen and oxygen atoms in total. The van der Waals surface area contributed by atoms with Crippen LogP contribution < -0.4 is 10.6 Å². The van der Waals surface area contributed by atoms with E-state index in [1.807, 2.05) is 0 Å². The Morgan fingerprint density at radius 3 is 1.62 bits per heavy atom. The molecule has 0 fully saturated rings. The van der Waals surface area contributed by atoms with Crippen molar-refractivity contribution < 1.29 is 9.59 Å². The summed E-state index contributed by atoms with van der Waals surface area (Å²) in [6, 6.07) is 6.25. The minimum absolute atomic E-state index is 0.321. The number of hydrogen-bond donors (Lipinski definition) is 2. The van der Waals surface area contributed by atoms with Crippen molar-refractivity contribution in [2.45, 2.75) is 6.42 Å². The second-order valence-corrected chi connectivity index (χ2v) is 4.87. The van der Waals surface area contributed by atoms with Gasteiger partial charge < -0.3 is 10.6 Å². The number of nitrogens with zero attached hydrogens (tertiary/aromatic N) is 2. The van der Waals surface area contributed by atoms with Crippen LogP contribution in [0.4, 0.5) is 11.6 Å². The highest BCUT2D eigenvalue weighted by Gasteiger charge is 2.11. The minimum Gasteiger partial charge on any atom is -0.310 e. The monoisotopic (exact) mass is 324 g/mol. The zero-order chi connectivity index (χ0) is 15.2. The molecule has 0 spiro atoms. The lowest BCUT2D eigenvalue weighted by Crippen LogP contribution is -2.22. The zero-order valence-electron chi connectivity index (χ0n) is 10.6. The molecule has 21 heavy (non-hydrogen) atoms. The van der Waals surface area contributed by atoms with E-state index in [0.717, 1.165) is 0 Å². The SMILES string of the molecule is O=C(CC(=O)Nc1ccc(Cl)cn1)Nc1ccc(Cl)cn1. The fourth-order valence-corrected chi connectivity index (χ4v) is 1.64. The molecule has 0 aromatic carbocycles. The molecule has 0 aliphatic heterocycles. The highest BCUT2D eigenvalue weighted by molar-refractivity contribution is 6.30. The summed E-state index contributed by atoms with van der Waals surface area (Å²) >= 11 is 11.4. The molecule has 0 saturated heterocycles. The van der Waals surface area contributed by atoms with Crippen molar-refractivity contribution in [2.24, 2.45) is 0 Å². The lowest BCUT2D eigenvalue weighted by molar-refractivity contribution is -0.123. The van der Waals surface area contributed by atoms with Gasteiger partial charge in [0.05, 0.1) is 10.0 Å². The van der Waals surface area contributed by atoms with Crippen LogP contribution in [0.1, 0.15) is 6.42 Å². The molecule has 0 atom stereocenters. The highest BCUT2D eigenvalue weighted by Crippen LogP contribution is 2.11. The summed E-state index contributed by atoms with van der Waals surface area (Å²) in [5.74, 6) is -0.337. The van der Waals surface area contributed by atoms with Crippen molar-refractivity contribution >= 4 is 46.7 Å². The molecule has 0 aliphatic rings. The van der Waals surface area contributed by atoms with Crippen molar-refractivity contribution in [3.63, 3.8) is 0 Å². The summed E-state index contributed by atoms with van der Waals surface area (Å²) in [6.45, 7) is 0. The van der Waals surface area contributed by atoms with Crippen LogP contribution in [0.25, 0.3) is 0 Å². The standard InChI is InChI=1S/C13H10Cl2N4O2/c14-8-1-3-10(16-6-8)18-12(20)5-13(21)19-11-4-2-9(15)7-17-11/h1-4,6-7H,5H2,(H,16,18,20)(H,17,19,21). The third kappa shape index (κ3) is 5.02. The smallest absolute Gasteiger partial charge is 0.234 e. The van der Waals surface area contributed by atoms with Crippen LogP contribution >= 0.6 is 23.2 Å². The van der Waals surface area contributed by atoms with Crippen LogP contribution in [-0.4, -0.2) is 21.8 Å². The Bertz CT molecular complexity index is 587. The van der Waals surface area contributed by atoms with Gasteiger partial charge in [-0.3, -0.25) is 9.59 Å². The van der Waals surface area contributed by atoms with Crippen molar-refractivity contribution in [1.29, 1.82) is 0 Å². The van der Waals surface area contributed by atoms with Gasteiger partial charge >= 0.3 is 0 Å². The van der Waals surface area contributed by atoms with E-state index in [9.17, 15) is 9.59 Å². The maximum absolute atomic E-state index is 11.7. The number of nitrogens with one attached hydrogen (secondary N) is 2. The van der Waals surface area contributed by atoms with Crippen molar-refractivity contribution in [3.8, 4) is 0 Å². The van der Waals surface area contributed by atoms with E-state index in [4.69, 9.17) is 23.2 Å². The van der Waals surface area contributed by atoms with Gasteiger partial charge in [-0.1, -0.05) is 23.2 Å². The average molecular weight is 325 g/mol. The van der Waals surface area contributed by atoms with Gasteiger partial charge in [0.1, 0.15) is 18.1 Å². The molecule has 2 heterocycles. The van der Waals surface area contributed by atoms with E-state index in [1.165, 1.54) is 12.4 Å². The van der Waals surface area contributed by atoms with Crippen molar-refractivity contribution in [2.75, 3.05) is 10.6 Å². The molecule has 108 valence electrons. The first-order valence-corrected chi connectivity index (χ1v) is 6.61. The molecule has 0 saturated carbocycles. The summed E-state index contributed by atoms with van der Waals surface area (Å²) in [7, 11) is 0. The highest BCUT2D eigenvalue weighted by atomic mass is 35.5. The molecule has 2 rings (SSSR count). The molecule has 0 aliphatic carbocycles. The fraction of sp³-hybridized carbons (Fsp3) is 0.0769. The topological polar surface area (TPSA) is 84.0 Å². The first kappa shape index (κ1) is 15.2. The third-order valence-electron chi connectivity index (χ3n) is 2.31. The maximum atomic E-state index is 11.7. The number of carbonyl (C=O) groups is 2. The Kier molecular flexibility index (Phi) is 5.08. The first-order valence-electron chi connectivity index (χ1n) is 5.86. The predicted molar refractivity (Wildman–Crippen MR) is 80.4 cm³/mol. The van der Waals surface area contributed by atoms with Crippen LogP contribution in [0.3, 0.4) is 0 Å². The number of carbonyl (C=O) groups excluding carboxylic acids is 2. The van der Waals surface area contributed by atoms with E-state index in [-0.39, 0.29) is 6.42 Å². The van der Waals surface area contributed by atoms with Gasteiger partial charge in [0.25, 0.3) is 0 Å². The second-order valence-electron chi connectivity index (χ2n) is 4.00. The molecule has 0 unspecified atom stereocenters. The largest absolute Gasteiger partial charge is 0.310 e. The molecule has 0 radical (unpaired) electrons. The molecule has 2 aromatic heterocycles. The van der Waals surface area contributed by atoms with Gasteiger partial charge in [-0.25, -0.2) is 9.97 Å². The summed E-state index contributed by atoms with van der Waals surface area (Å²) in [5, 5.41) is 5.88. The van der Waals surface area contributed by atoms with E-state index >= 15 is 0 Å². The Labute approximate surface area is 130 Å². The van der Waals surface area contributed by atoms with Gasteiger partial charge in [0.2, 0.25) is 11.8 Å². The molecule has 2 amide bonds. The summed E-state index contributed by atoms with van der Waals surface area (Å²) in [5.41, 5.74) is 0. The van der Waals surface area contributed by atoms with Crippen LogP contribution in [0.15, 0.2) is 36.7 Å². The Morgan fingerprint density at radius 1 is 0.857 bits per heavy atom. The number of amides is 2. The molecule has 8 heteroatoms. The lowest BCUT2D eigenvalue weighted by atomic mass is 10.3. The molecule has 2 aromatic rings. The third-order valence-corrected chi connectivity index (χ3v) is 2.76. The van der Waals surface area contributed by atoms with E-state index < -0.39 is 11.8 Å². The Morgan fingerprint density at radius 2 is 1.29 bits per heavy atom. The number of hydrogen-bond acceptors (Lipinski definition) is 4. The minimum atomic E-state index is -0.490. The number of aromatic nitrogens is 2. The number of pyridine rings is 2. The van der Waals surface area contributed by atoms with Gasteiger partial charge in [-0.2, -0.15) is 0 Å². The normalized spacial score (nSPS) is 10.0. The molecule has 2 N–H and O–H groups in total.